The largest absolute Gasteiger partial charge is 0.367 e. The van der Waals surface area contributed by atoms with Crippen LogP contribution in [-0.2, 0) is 22.4 Å². The Kier molecular flexibility index (Phi) is 4.31. The van der Waals surface area contributed by atoms with Gasteiger partial charge in [0.25, 0.3) is 0 Å². The van der Waals surface area contributed by atoms with Crippen LogP contribution in [0.5, 0.6) is 0 Å². The lowest BCUT2D eigenvalue weighted by molar-refractivity contribution is -0.128. The molecule has 2 aromatic heterocycles. The first kappa shape index (κ1) is 16.0. The van der Waals surface area contributed by atoms with Crippen LogP contribution in [0.25, 0.3) is 11.4 Å². The first-order valence-corrected chi connectivity index (χ1v) is 8.69. The first-order valence-electron chi connectivity index (χ1n) is 8.69. The molecule has 7 nitrogen and oxygen atoms in total. The molecule has 1 amide bonds. The number of nitrogens with zero attached hydrogens (tertiary/aromatic N) is 3. The minimum atomic E-state index is -0.463. The van der Waals surface area contributed by atoms with Gasteiger partial charge >= 0.3 is 0 Å². The third-order valence-corrected chi connectivity index (χ3v) is 4.79. The molecule has 2 unspecified atom stereocenters. The van der Waals surface area contributed by atoms with Gasteiger partial charge in [-0.25, -0.2) is 9.97 Å². The van der Waals surface area contributed by atoms with E-state index >= 15 is 0 Å². The van der Waals surface area contributed by atoms with E-state index in [2.05, 4.69) is 10.3 Å². The molecule has 1 aliphatic carbocycles. The highest BCUT2D eigenvalue weighted by Gasteiger charge is 2.29. The lowest BCUT2D eigenvalue weighted by Gasteiger charge is -2.16. The number of pyridine rings is 1. The maximum Gasteiger partial charge on any atom is 0.246 e. The van der Waals surface area contributed by atoms with Crippen LogP contribution in [0.3, 0.4) is 0 Å². The Labute approximate surface area is 146 Å². The highest BCUT2D eigenvalue weighted by molar-refractivity contribution is 5.79. The van der Waals surface area contributed by atoms with Crippen molar-refractivity contribution < 1.29 is 9.53 Å². The molecular weight excluding hydrogens is 318 g/mol. The number of nitrogens with two attached hydrogens (primary N) is 1. The number of hydrogen-bond donors (Lipinski definition) is 2. The summed E-state index contributed by atoms with van der Waals surface area (Å²) in [6, 6.07) is 3.83. The Morgan fingerprint density at radius 3 is 2.84 bits per heavy atom. The molecule has 1 fully saturated rings. The van der Waals surface area contributed by atoms with Crippen molar-refractivity contribution >= 4 is 11.7 Å². The molecule has 0 spiro atoms. The van der Waals surface area contributed by atoms with Gasteiger partial charge in [0.1, 0.15) is 11.9 Å². The molecule has 0 radical (unpaired) electrons. The van der Waals surface area contributed by atoms with Gasteiger partial charge in [-0.15, -0.1) is 0 Å². The maximum atomic E-state index is 11.2. The molecule has 2 aliphatic rings. The monoisotopic (exact) mass is 339 g/mol. The molecule has 7 heteroatoms. The molecule has 3 heterocycles. The van der Waals surface area contributed by atoms with Crippen molar-refractivity contribution in [2.24, 2.45) is 5.73 Å². The fourth-order valence-corrected chi connectivity index (χ4v) is 3.48. The van der Waals surface area contributed by atoms with Crippen LogP contribution in [0.1, 0.15) is 30.5 Å². The summed E-state index contributed by atoms with van der Waals surface area (Å²) in [6.45, 7) is 0.614. The van der Waals surface area contributed by atoms with Gasteiger partial charge in [-0.1, -0.05) is 0 Å². The van der Waals surface area contributed by atoms with E-state index in [1.165, 1.54) is 5.56 Å². The van der Waals surface area contributed by atoms with E-state index < -0.39 is 6.10 Å². The van der Waals surface area contributed by atoms with Crippen LogP contribution in [0.4, 0.5) is 5.82 Å². The number of aryl methyl sites for hydroxylation is 1. The molecule has 0 saturated carbocycles. The summed E-state index contributed by atoms with van der Waals surface area (Å²) >= 11 is 0. The van der Waals surface area contributed by atoms with Crippen molar-refractivity contribution in [1.29, 1.82) is 0 Å². The number of nitrogens with one attached hydrogen (secondary N) is 1. The lowest BCUT2D eigenvalue weighted by Crippen LogP contribution is -2.30. The first-order chi connectivity index (χ1) is 12.2. The second kappa shape index (κ2) is 6.76. The van der Waals surface area contributed by atoms with Crippen LogP contribution in [-0.4, -0.2) is 39.6 Å². The Morgan fingerprint density at radius 2 is 2.08 bits per heavy atom. The zero-order valence-corrected chi connectivity index (χ0v) is 13.9. The molecule has 1 aliphatic heterocycles. The zero-order chi connectivity index (χ0) is 17.2. The number of ether oxygens (including phenoxy) is 1. The fourth-order valence-electron chi connectivity index (χ4n) is 3.48. The third kappa shape index (κ3) is 3.32. The van der Waals surface area contributed by atoms with E-state index in [4.69, 9.17) is 20.4 Å². The number of rotatable bonds is 5. The standard InChI is InChI=1S/C18H21N5O2/c19-16(24)15-5-4-12(25-15)10-21-18-13-2-1-3-14(13)22-17(23-18)11-6-8-20-9-7-11/h6-9,12,15H,1-5,10H2,(H2,19,24)(H,21,22,23). The number of carbonyl (C=O) groups is 1. The molecule has 1 saturated heterocycles. The average Bonchev–Trinajstić information content (AvgIpc) is 3.29. The SMILES string of the molecule is NC(=O)C1CCC(CNc2nc(-c3ccncc3)nc3c2CCC3)O1. The average molecular weight is 339 g/mol. The van der Waals surface area contributed by atoms with E-state index in [1.54, 1.807) is 12.4 Å². The van der Waals surface area contributed by atoms with Crippen molar-refractivity contribution in [3.8, 4) is 11.4 Å². The number of anilines is 1. The molecule has 0 aromatic carbocycles. The molecule has 2 aromatic rings. The van der Waals surface area contributed by atoms with Crippen molar-refractivity contribution in [2.75, 3.05) is 11.9 Å². The summed E-state index contributed by atoms with van der Waals surface area (Å²) in [4.78, 5) is 24.7. The normalized spacial score (nSPS) is 21.9. The predicted molar refractivity (Wildman–Crippen MR) is 92.9 cm³/mol. The van der Waals surface area contributed by atoms with E-state index in [1.807, 2.05) is 12.1 Å². The molecule has 130 valence electrons. The van der Waals surface area contributed by atoms with Crippen molar-refractivity contribution in [1.82, 2.24) is 15.0 Å². The van der Waals surface area contributed by atoms with Crippen LogP contribution in [0, 0.1) is 0 Å². The number of aromatic nitrogens is 3. The van der Waals surface area contributed by atoms with Gasteiger partial charge in [0, 0.05) is 35.8 Å². The Morgan fingerprint density at radius 1 is 1.24 bits per heavy atom. The van der Waals surface area contributed by atoms with Crippen molar-refractivity contribution in [2.45, 2.75) is 44.3 Å². The highest BCUT2D eigenvalue weighted by atomic mass is 16.5. The Hall–Kier alpha value is -2.54. The molecule has 0 bridgehead atoms. The molecule has 3 N–H and O–H groups in total. The molecule has 4 rings (SSSR count). The number of carbonyl (C=O) groups excluding carboxylic acids is 1. The zero-order valence-electron chi connectivity index (χ0n) is 13.9. The third-order valence-electron chi connectivity index (χ3n) is 4.79. The molecule has 2 atom stereocenters. The van der Waals surface area contributed by atoms with Gasteiger partial charge in [0.05, 0.1) is 6.10 Å². The number of fused-ring (bicyclic) bond motifs is 1. The molecular formula is C18H21N5O2. The second-order valence-electron chi connectivity index (χ2n) is 6.52. The minimum absolute atomic E-state index is 0.0195. The minimum Gasteiger partial charge on any atom is -0.367 e. The summed E-state index contributed by atoms with van der Waals surface area (Å²) in [5, 5.41) is 3.41. The highest BCUT2D eigenvalue weighted by Crippen LogP contribution is 2.29. The fraction of sp³-hybridized carbons (Fsp3) is 0.444. The van der Waals surface area contributed by atoms with Crippen LogP contribution in [0.15, 0.2) is 24.5 Å². The quantitative estimate of drug-likeness (QED) is 0.855. The van der Waals surface area contributed by atoms with Gasteiger partial charge in [0.2, 0.25) is 5.91 Å². The van der Waals surface area contributed by atoms with Gasteiger partial charge in [-0.05, 0) is 44.2 Å². The number of amides is 1. The van der Waals surface area contributed by atoms with Crippen LogP contribution < -0.4 is 11.1 Å². The van der Waals surface area contributed by atoms with E-state index in [-0.39, 0.29) is 12.0 Å². The van der Waals surface area contributed by atoms with Crippen molar-refractivity contribution in [3.05, 3.63) is 35.8 Å². The van der Waals surface area contributed by atoms with Crippen molar-refractivity contribution in [3.63, 3.8) is 0 Å². The number of primary amides is 1. The maximum absolute atomic E-state index is 11.2. The Balaban J connectivity index is 1.53. The molecule has 25 heavy (non-hydrogen) atoms. The van der Waals surface area contributed by atoms with Gasteiger partial charge in [0.15, 0.2) is 5.82 Å². The van der Waals surface area contributed by atoms with Crippen LogP contribution in [0.2, 0.25) is 0 Å². The van der Waals surface area contributed by atoms with Crippen LogP contribution >= 0.6 is 0 Å². The lowest BCUT2D eigenvalue weighted by atomic mass is 10.1. The van der Waals surface area contributed by atoms with Gasteiger partial charge in [-0.3, -0.25) is 9.78 Å². The number of hydrogen-bond acceptors (Lipinski definition) is 6. The van der Waals surface area contributed by atoms with E-state index in [0.717, 1.165) is 42.8 Å². The second-order valence-corrected chi connectivity index (χ2v) is 6.52. The predicted octanol–water partition coefficient (Wildman–Crippen LogP) is 1.47. The summed E-state index contributed by atoms with van der Waals surface area (Å²) in [5.41, 5.74) is 8.59. The summed E-state index contributed by atoms with van der Waals surface area (Å²) in [7, 11) is 0. The Bertz CT molecular complexity index is 781. The topological polar surface area (TPSA) is 103 Å². The van der Waals surface area contributed by atoms with Gasteiger partial charge in [-0.2, -0.15) is 0 Å². The van der Waals surface area contributed by atoms with Gasteiger partial charge < -0.3 is 15.8 Å². The summed E-state index contributed by atoms with van der Waals surface area (Å²) < 4.78 is 5.69. The smallest absolute Gasteiger partial charge is 0.246 e. The van der Waals surface area contributed by atoms with E-state index in [0.29, 0.717) is 18.8 Å². The van der Waals surface area contributed by atoms with E-state index in [9.17, 15) is 4.79 Å². The summed E-state index contributed by atoms with van der Waals surface area (Å²) in [6.07, 6.45) is 7.59. The summed E-state index contributed by atoms with van der Waals surface area (Å²) in [5.74, 6) is 1.21.